The smallest absolute Gasteiger partial charge is 0.253 e. The Hall–Kier alpha value is -1.46. The summed E-state index contributed by atoms with van der Waals surface area (Å²) in [5.74, 6) is 0.601. The number of nitrogens with zero attached hydrogens (tertiary/aromatic N) is 2. The fraction of sp³-hybridized carbons (Fsp3) is 0.647. The maximum atomic E-state index is 12.4. The molecule has 120 valence electrons. The quantitative estimate of drug-likeness (QED) is 0.900. The van der Waals surface area contributed by atoms with Crippen molar-refractivity contribution in [2.75, 3.05) is 32.8 Å². The first kappa shape index (κ1) is 15.4. The molecule has 5 nitrogen and oxygen atoms in total. The maximum absolute atomic E-state index is 12.4. The van der Waals surface area contributed by atoms with E-state index < -0.39 is 0 Å². The molecule has 1 aliphatic carbocycles. The number of pyridine rings is 1. The molecule has 0 bridgehead atoms. The van der Waals surface area contributed by atoms with Gasteiger partial charge in [-0.1, -0.05) is 0 Å². The molecular formula is C17H25N3O2. The van der Waals surface area contributed by atoms with Crippen molar-refractivity contribution in [1.29, 1.82) is 0 Å². The van der Waals surface area contributed by atoms with Gasteiger partial charge >= 0.3 is 0 Å². The molecule has 1 aromatic heterocycles. The summed E-state index contributed by atoms with van der Waals surface area (Å²) in [6.45, 7) is 8.29. The normalized spacial score (nSPS) is 20.6. The lowest BCUT2D eigenvalue weighted by atomic mass is 10.1. The van der Waals surface area contributed by atoms with Crippen LogP contribution in [0.25, 0.3) is 0 Å². The van der Waals surface area contributed by atoms with E-state index in [0.29, 0.717) is 11.5 Å². The van der Waals surface area contributed by atoms with E-state index in [0.717, 1.165) is 44.2 Å². The van der Waals surface area contributed by atoms with Crippen LogP contribution in [0.3, 0.4) is 0 Å². The molecule has 2 heterocycles. The number of morpholine rings is 1. The Labute approximate surface area is 132 Å². The molecule has 0 unspecified atom stereocenters. The number of aryl methyl sites for hydroxylation is 1. The number of nitrogens with one attached hydrogen (secondary N) is 1. The van der Waals surface area contributed by atoms with E-state index in [1.807, 2.05) is 19.1 Å². The zero-order valence-electron chi connectivity index (χ0n) is 13.5. The van der Waals surface area contributed by atoms with Crippen LogP contribution in [0.4, 0.5) is 0 Å². The van der Waals surface area contributed by atoms with Gasteiger partial charge in [-0.15, -0.1) is 0 Å². The molecule has 1 aromatic rings. The van der Waals surface area contributed by atoms with Gasteiger partial charge in [-0.2, -0.15) is 0 Å². The van der Waals surface area contributed by atoms with E-state index in [1.165, 1.54) is 12.8 Å². The van der Waals surface area contributed by atoms with Crippen LogP contribution in [0.2, 0.25) is 0 Å². The Morgan fingerprint density at radius 3 is 2.77 bits per heavy atom. The fourth-order valence-electron chi connectivity index (χ4n) is 2.95. The van der Waals surface area contributed by atoms with E-state index in [-0.39, 0.29) is 11.9 Å². The molecule has 22 heavy (non-hydrogen) atoms. The van der Waals surface area contributed by atoms with Crippen LogP contribution >= 0.6 is 0 Å². The first-order valence-corrected chi connectivity index (χ1v) is 8.22. The van der Waals surface area contributed by atoms with Crippen molar-refractivity contribution < 1.29 is 9.53 Å². The van der Waals surface area contributed by atoms with Gasteiger partial charge in [-0.25, -0.2) is 0 Å². The molecule has 1 saturated carbocycles. The summed E-state index contributed by atoms with van der Waals surface area (Å²) in [5.41, 5.74) is 2.66. The summed E-state index contributed by atoms with van der Waals surface area (Å²) in [7, 11) is 0. The van der Waals surface area contributed by atoms with Gasteiger partial charge in [0.2, 0.25) is 0 Å². The maximum Gasteiger partial charge on any atom is 0.253 e. The highest BCUT2D eigenvalue weighted by Crippen LogP contribution is 2.39. The van der Waals surface area contributed by atoms with Gasteiger partial charge < -0.3 is 10.1 Å². The van der Waals surface area contributed by atoms with Crippen molar-refractivity contribution in [2.45, 2.75) is 38.6 Å². The molecule has 0 aromatic carbocycles. The van der Waals surface area contributed by atoms with Crippen molar-refractivity contribution in [2.24, 2.45) is 0 Å². The van der Waals surface area contributed by atoms with E-state index in [4.69, 9.17) is 4.74 Å². The lowest BCUT2D eigenvalue weighted by Gasteiger charge is -2.29. The van der Waals surface area contributed by atoms with Crippen LogP contribution in [0.5, 0.6) is 0 Å². The third kappa shape index (κ3) is 3.84. The number of hydrogen-bond donors (Lipinski definition) is 1. The van der Waals surface area contributed by atoms with E-state index in [1.54, 1.807) is 0 Å². The number of carbonyl (C=O) groups is 1. The Bertz CT molecular complexity index is 537. The molecule has 1 N–H and O–H groups in total. The topological polar surface area (TPSA) is 54.5 Å². The van der Waals surface area contributed by atoms with E-state index >= 15 is 0 Å². The molecule has 3 rings (SSSR count). The van der Waals surface area contributed by atoms with Gasteiger partial charge in [0.15, 0.2) is 0 Å². The number of hydrogen-bond acceptors (Lipinski definition) is 4. The fourth-order valence-corrected chi connectivity index (χ4v) is 2.95. The highest BCUT2D eigenvalue weighted by atomic mass is 16.5. The SMILES string of the molecule is Cc1nc(C2CC2)ccc1C(=O)N[C@H](C)CN1CCOCC1. The van der Waals surface area contributed by atoms with Crippen molar-refractivity contribution in [3.63, 3.8) is 0 Å². The van der Waals surface area contributed by atoms with Crippen LogP contribution in [0.15, 0.2) is 12.1 Å². The van der Waals surface area contributed by atoms with Gasteiger partial charge in [-0.3, -0.25) is 14.7 Å². The average molecular weight is 303 g/mol. The molecule has 2 aliphatic rings. The third-order valence-corrected chi connectivity index (χ3v) is 4.36. The highest BCUT2D eigenvalue weighted by Gasteiger charge is 2.26. The van der Waals surface area contributed by atoms with Gasteiger partial charge in [0.25, 0.3) is 5.91 Å². The molecule has 1 amide bonds. The lowest BCUT2D eigenvalue weighted by Crippen LogP contribution is -2.46. The highest BCUT2D eigenvalue weighted by molar-refractivity contribution is 5.95. The second-order valence-corrected chi connectivity index (χ2v) is 6.43. The van der Waals surface area contributed by atoms with Crippen LogP contribution in [-0.4, -0.2) is 54.7 Å². The molecule has 2 fully saturated rings. The zero-order chi connectivity index (χ0) is 15.5. The summed E-state index contributed by atoms with van der Waals surface area (Å²) in [4.78, 5) is 19.3. The largest absolute Gasteiger partial charge is 0.379 e. The van der Waals surface area contributed by atoms with Gasteiger partial charge in [0, 0.05) is 37.3 Å². The summed E-state index contributed by atoms with van der Waals surface area (Å²) < 4.78 is 5.35. The number of carbonyl (C=O) groups excluding carboxylic acids is 1. The summed E-state index contributed by atoms with van der Waals surface area (Å²) in [5, 5.41) is 3.09. The monoisotopic (exact) mass is 303 g/mol. The second kappa shape index (κ2) is 6.75. The lowest BCUT2D eigenvalue weighted by molar-refractivity contribution is 0.0342. The molecular weight excluding hydrogens is 278 g/mol. The number of aromatic nitrogens is 1. The van der Waals surface area contributed by atoms with Crippen LogP contribution in [0, 0.1) is 6.92 Å². The van der Waals surface area contributed by atoms with Gasteiger partial charge in [0.1, 0.15) is 0 Å². The van der Waals surface area contributed by atoms with Crippen LogP contribution < -0.4 is 5.32 Å². The standard InChI is InChI=1S/C17H25N3O2/c1-12(11-20-7-9-22-10-8-20)18-17(21)15-5-6-16(14-3-4-14)19-13(15)2/h5-6,12,14H,3-4,7-11H2,1-2H3,(H,18,21)/t12-/m1/s1. The van der Waals surface area contributed by atoms with E-state index in [9.17, 15) is 4.79 Å². The summed E-state index contributed by atoms with van der Waals surface area (Å²) in [6, 6.07) is 4.05. The first-order chi connectivity index (χ1) is 10.6. The Morgan fingerprint density at radius 1 is 1.41 bits per heavy atom. The molecule has 1 aliphatic heterocycles. The van der Waals surface area contributed by atoms with Crippen molar-refractivity contribution in [1.82, 2.24) is 15.2 Å². The van der Waals surface area contributed by atoms with Gasteiger partial charge in [-0.05, 0) is 38.8 Å². The first-order valence-electron chi connectivity index (χ1n) is 8.22. The summed E-state index contributed by atoms with van der Waals surface area (Å²) >= 11 is 0. The minimum absolute atomic E-state index is 0.0203. The second-order valence-electron chi connectivity index (χ2n) is 6.43. The van der Waals surface area contributed by atoms with Gasteiger partial charge in [0.05, 0.1) is 24.5 Å². The Kier molecular flexibility index (Phi) is 4.74. The molecule has 0 radical (unpaired) electrons. The van der Waals surface area contributed by atoms with Crippen molar-refractivity contribution in [3.8, 4) is 0 Å². The zero-order valence-corrected chi connectivity index (χ0v) is 13.5. The van der Waals surface area contributed by atoms with Crippen LogP contribution in [0.1, 0.15) is 47.4 Å². The Balaban J connectivity index is 1.56. The minimum atomic E-state index is -0.0203. The molecule has 1 atom stereocenters. The van der Waals surface area contributed by atoms with Crippen molar-refractivity contribution >= 4 is 5.91 Å². The van der Waals surface area contributed by atoms with Crippen LogP contribution in [-0.2, 0) is 4.74 Å². The molecule has 0 spiro atoms. The summed E-state index contributed by atoms with van der Waals surface area (Å²) in [6.07, 6.45) is 2.46. The average Bonchev–Trinajstić information content (AvgIpc) is 3.32. The Morgan fingerprint density at radius 2 is 2.14 bits per heavy atom. The molecule has 5 heteroatoms. The molecule has 1 saturated heterocycles. The van der Waals surface area contributed by atoms with E-state index in [2.05, 4.69) is 22.1 Å². The predicted molar refractivity (Wildman–Crippen MR) is 85.1 cm³/mol. The number of amides is 1. The predicted octanol–water partition coefficient (Wildman–Crippen LogP) is 1.72. The van der Waals surface area contributed by atoms with Crippen molar-refractivity contribution in [3.05, 3.63) is 29.1 Å². The minimum Gasteiger partial charge on any atom is -0.379 e. The third-order valence-electron chi connectivity index (χ3n) is 4.36. The number of rotatable bonds is 5. The number of ether oxygens (including phenoxy) is 1.